The Morgan fingerprint density at radius 1 is 0.300 bits per heavy atom. The summed E-state index contributed by atoms with van der Waals surface area (Å²) in [5.74, 6) is -2.89. The molecule has 0 atom stereocenters. The Balaban J connectivity index is 5.07. The second-order valence-corrected chi connectivity index (χ2v) is 17.8. The standard InChI is InChI=1S/C52H98O8/c1-5-9-12-15-18-21-24-27-30-33-36-39-43-57-49(54)46-52(60-48(53)42-8-4,51(56)59-45-41-38-35-32-29-26-23-20-17-14-11-7-3)47-50(55)58-44-40-37-34-31-28-25-22-19-16-13-10-6-2/h5-47H2,1-4H3. The zero-order valence-electron chi connectivity index (χ0n) is 40.2. The van der Waals surface area contributed by atoms with E-state index >= 15 is 0 Å². The fraction of sp³-hybridized carbons (Fsp3) is 0.923. The van der Waals surface area contributed by atoms with Gasteiger partial charge in [0.15, 0.2) is 0 Å². The summed E-state index contributed by atoms with van der Waals surface area (Å²) in [5, 5.41) is 0. The van der Waals surface area contributed by atoms with Crippen LogP contribution in [0, 0.1) is 0 Å². The van der Waals surface area contributed by atoms with Crippen molar-refractivity contribution < 1.29 is 38.1 Å². The molecule has 0 saturated heterocycles. The molecule has 0 fully saturated rings. The minimum absolute atomic E-state index is 0.0512. The molecule has 0 aliphatic heterocycles. The fourth-order valence-electron chi connectivity index (χ4n) is 7.86. The third-order valence-corrected chi connectivity index (χ3v) is 11.7. The molecule has 0 aliphatic carbocycles. The number of rotatable bonds is 47. The van der Waals surface area contributed by atoms with Gasteiger partial charge in [-0.1, -0.05) is 240 Å². The lowest BCUT2D eigenvalue weighted by Gasteiger charge is -2.30. The molecule has 0 amide bonds. The topological polar surface area (TPSA) is 105 Å². The first-order valence-corrected chi connectivity index (χ1v) is 26.0. The second-order valence-electron chi connectivity index (χ2n) is 17.8. The Hall–Kier alpha value is -2.12. The van der Waals surface area contributed by atoms with Crippen LogP contribution in [0.25, 0.3) is 0 Å². The lowest BCUT2D eigenvalue weighted by atomic mass is 9.94. The Bertz CT molecular complexity index is 937. The molecule has 60 heavy (non-hydrogen) atoms. The van der Waals surface area contributed by atoms with Crippen molar-refractivity contribution in [3.63, 3.8) is 0 Å². The first-order valence-electron chi connectivity index (χ1n) is 26.0. The quantitative estimate of drug-likeness (QED) is 0.0339. The summed E-state index contributed by atoms with van der Waals surface area (Å²) in [6.45, 7) is 9.13. The summed E-state index contributed by atoms with van der Waals surface area (Å²) in [5.41, 5.74) is -2.12. The van der Waals surface area contributed by atoms with Gasteiger partial charge in [-0.2, -0.15) is 0 Å². The Morgan fingerprint density at radius 3 is 0.817 bits per heavy atom. The van der Waals surface area contributed by atoms with Crippen molar-refractivity contribution in [2.24, 2.45) is 0 Å². The number of unbranched alkanes of at least 4 members (excludes halogenated alkanes) is 33. The predicted octanol–water partition coefficient (Wildman–Crippen LogP) is 15.6. The number of carbonyl (C=O) groups excluding carboxylic acids is 4. The average molecular weight is 851 g/mol. The molecule has 354 valence electrons. The molecule has 8 heteroatoms. The minimum Gasteiger partial charge on any atom is -0.466 e. The third kappa shape index (κ3) is 37.6. The maximum absolute atomic E-state index is 13.8. The summed E-state index contributed by atoms with van der Waals surface area (Å²) in [7, 11) is 0. The first kappa shape index (κ1) is 57.9. The van der Waals surface area contributed by atoms with Crippen molar-refractivity contribution >= 4 is 23.9 Å². The molecule has 0 heterocycles. The smallest absolute Gasteiger partial charge is 0.351 e. The van der Waals surface area contributed by atoms with Gasteiger partial charge in [-0.25, -0.2) is 4.79 Å². The van der Waals surface area contributed by atoms with E-state index in [1.165, 1.54) is 167 Å². The first-order chi connectivity index (χ1) is 29.3. The van der Waals surface area contributed by atoms with Gasteiger partial charge in [-0.3, -0.25) is 14.4 Å². The SMILES string of the molecule is CCCCCCCCCCCCCCOC(=O)CC(CC(=O)OCCCCCCCCCCCCCC)(OC(=O)CCC)C(=O)OCCCCCCCCCCCCCC. The molecule has 0 radical (unpaired) electrons. The lowest BCUT2D eigenvalue weighted by Crippen LogP contribution is -2.48. The summed E-state index contributed by atoms with van der Waals surface area (Å²) < 4.78 is 22.6. The monoisotopic (exact) mass is 851 g/mol. The van der Waals surface area contributed by atoms with Crippen molar-refractivity contribution in [1.29, 1.82) is 0 Å². The number of carbonyl (C=O) groups is 4. The van der Waals surface area contributed by atoms with E-state index in [1.807, 2.05) is 6.92 Å². The minimum atomic E-state index is -2.12. The van der Waals surface area contributed by atoms with Crippen molar-refractivity contribution in [3.05, 3.63) is 0 Å². The molecular formula is C52H98O8. The largest absolute Gasteiger partial charge is 0.466 e. The van der Waals surface area contributed by atoms with E-state index < -0.39 is 42.3 Å². The van der Waals surface area contributed by atoms with Gasteiger partial charge in [-0.05, 0) is 25.7 Å². The van der Waals surface area contributed by atoms with Crippen LogP contribution in [0.15, 0.2) is 0 Å². The molecule has 0 bridgehead atoms. The van der Waals surface area contributed by atoms with Crippen LogP contribution in [0.1, 0.15) is 285 Å². The molecule has 0 aromatic heterocycles. The van der Waals surface area contributed by atoms with E-state index in [0.717, 1.165) is 57.8 Å². The van der Waals surface area contributed by atoms with Gasteiger partial charge in [0, 0.05) is 6.42 Å². The summed E-state index contributed by atoms with van der Waals surface area (Å²) in [6.07, 6.45) is 42.3. The summed E-state index contributed by atoms with van der Waals surface area (Å²) in [4.78, 5) is 53.4. The summed E-state index contributed by atoms with van der Waals surface area (Å²) >= 11 is 0. The van der Waals surface area contributed by atoms with Gasteiger partial charge in [0.2, 0.25) is 5.60 Å². The maximum atomic E-state index is 13.8. The normalized spacial score (nSPS) is 11.5. The number of esters is 4. The van der Waals surface area contributed by atoms with Crippen LogP contribution in [0.4, 0.5) is 0 Å². The Kier molecular flexibility index (Phi) is 43.3. The van der Waals surface area contributed by atoms with Crippen molar-refractivity contribution in [2.45, 2.75) is 290 Å². The van der Waals surface area contributed by atoms with Gasteiger partial charge in [0.25, 0.3) is 0 Å². The average Bonchev–Trinajstić information content (AvgIpc) is 3.22. The van der Waals surface area contributed by atoms with E-state index in [2.05, 4.69) is 20.8 Å². The lowest BCUT2D eigenvalue weighted by molar-refractivity contribution is -0.191. The molecule has 0 aromatic carbocycles. The van der Waals surface area contributed by atoms with Crippen LogP contribution in [0.3, 0.4) is 0 Å². The highest BCUT2D eigenvalue weighted by Crippen LogP contribution is 2.27. The predicted molar refractivity (Wildman–Crippen MR) is 249 cm³/mol. The number of ether oxygens (including phenoxy) is 4. The zero-order chi connectivity index (χ0) is 44.0. The molecule has 0 rings (SSSR count). The van der Waals surface area contributed by atoms with E-state index in [4.69, 9.17) is 18.9 Å². The maximum Gasteiger partial charge on any atom is 0.351 e. The van der Waals surface area contributed by atoms with Crippen molar-refractivity contribution in [1.82, 2.24) is 0 Å². The third-order valence-electron chi connectivity index (χ3n) is 11.7. The molecule has 0 aromatic rings. The molecular weight excluding hydrogens is 753 g/mol. The highest BCUT2D eigenvalue weighted by Gasteiger charge is 2.49. The van der Waals surface area contributed by atoms with Crippen LogP contribution in [-0.4, -0.2) is 49.3 Å². The molecule has 0 saturated carbocycles. The molecule has 0 spiro atoms. The van der Waals surface area contributed by atoms with Crippen LogP contribution in [0.5, 0.6) is 0 Å². The van der Waals surface area contributed by atoms with Crippen LogP contribution < -0.4 is 0 Å². The molecule has 0 aliphatic rings. The van der Waals surface area contributed by atoms with Gasteiger partial charge in [-0.15, -0.1) is 0 Å². The molecule has 8 nitrogen and oxygen atoms in total. The number of hydrogen-bond donors (Lipinski definition) is 0. The fourth-order valence-corrected chi connectivity index (χ4v) is 7.86. The second kappa shape index (κ2) is 44.9. The van der Waals surface area contributed by atoms with E-state index in [-0.39, 0.29) is 26.2 Å². The Labute approximate surface area is 370 Å². The van der Waals surface area contributed by atoms with Gasteiger partial charge >= 0.3 is 23.9 Å². The zero-order valence-corrected chi connectivity index (χ0v) is 40.2. The Morgan fingerprint density at radius 2 is 0.550 bits per heavy atom. The highest BCUT2D eigenvalue weighted by molar-refractivity contribution is 5.92. The highest BCUT2D eigenvalue weighted by atomic mass is 16.6. The van der Waals surface area contributed by atoms with Crippen LogP contribution >= 0.6 is 0 Å². The van der Waals surface area contributed by atoms with E-state index in [9.17, 15) is 19.2 Å². The van der Waals surface area contributed by atoms with Crippen LogP contribution in [-0.2, 0) is 38.1 Å². The van der Waals surface area contributed by atoms with Crippen molar-refractivity contribution in [2.75, 3.05) is 19.8 Å². The molecule has 0 N–H and O–H groups in total. The van der Waals surface area contributed by atoms with Gasteiger partial charge < -0.3 is 18.9 Å². The molecule has 0 unspecified atom stereocenters. The van der Waals surface area contributed by atoms with Crippen molar-refractivity contribution in [3.8, 4) is 0 Å². The van der Waals surface area contributed by atoms with Gasteiger partial charge in [0.05, 0.1) is 32.7 Å². The summed E-state index contributed by atoms with van der Waals surface area (Å²) in [6, 6.07) is 0. The van der Waals surface area contributed by atoms with Crippen LogP contribution in [0.2, 0.25) is 0 Å². The van der Waals surface area contributed by atoms with E-state index in [0.29, 0.717) is 12.8 Å². The van der Waals surface area contributed by atoms with E-state index in [1.54, 1.807) is 0 Å². The van der Waals surface area contributed by atoms with Gasteiger partial charge in [0.1, 0.15) is 0 Å². The number of hydrogen-bond acceptors (Lipinski definition) is 8.